The summed E-state index contributed by atoms with van der Waals surface area (Å²) in [5.41, 5.74) is -1.00. The van der Waals surface area contributed by atoms with Crippen LogP contribution >= 0.6 is 0 Å². The molecule has 0 spiro atoms. The van der Waals surface area contributed by atoms with Gasteiger partial charge in [0.1, 0.15) is 29.4 Å². The summed E-state index contributed by atoms with van der Waals surface area (Å²) in [6.07, 6.45) is -1.85. The molecule has 1 heterocycles. The highest BCUT2D eigenvalue weighted by Crippen LogP contribution is 2.40. The van der Waals surface area contributed by atoms with Crippen molar-refractivity contribution in [2.24, 2.45) is 16.8 Å². The molecule has 0 radical (unpaired) electrons. The second kappa shape index (κ2) is 18.1. The van der Waals surface area contributed by atoms with Gasteiger partial charge in [-0.1, -0.05) is 63.4 Å². The SMILES string of the molecule is C=CC=C.CC.CN(N)/C=N\N.O[C@@H](c1ccc(F)cc1F)C(F)(F)c1ccc(-c2ccc(OC(F)(F)F)cc2)cn1. The van der Waals surface area contributed by atoms with E-state index < -0.39 is 47.0 Å². The molecular weight excluding hydrogens is 571 g/mol. The third-order valence-corrected chi connectivity index (χ3v) is 4.54. The molecular formula is C28H32F7N5O2. The topological polar surface area (TPSA) is 110 Å². The van der Waals surface area contributed by atoms with Crippen molar-refractivity contribution < 1.29 is 40.6 Å². The second-order valence-corrected chi connectivity index (χ2v) is 7.60. The summed E-state index contributed by atoms with van der Waals surface area (Å²) in [7, 11) is 1.64. The lowest BCUT2D eigenvalue weighted by atomic mass is 9.99. The van der Waals surface area contributed by atoms with Gasteiger partial charge in [-0.15, -0.1) is 13.2 Å². The fourth-order valence-electron chi connectivity index (χ4n) is 2.77. The average molecular weight is 604 g/mol. The first kappa shape index (κ1) is 37.6. The van der Waals surface area contributed by atoms with Gasteiger partial charge in [0.15, 0.2) is 6.10 Å². The van der Waals surface area contributed by atoms with E-state index >= 15 is 0 Å². The number of hydrazone groups is 1. The van der Waals surface area contributed by atoms with Gasteiger partial charge < -0.3 is 20.7 Å². The van der Waals surface area contributed by atoms with E-state index in [2.05, 4.69) is 33.8 Å². The van der Waals surface area contributed by atoms with Crippen molar-refractivity contribution in [3.63, 3.8) is 0 Å². The second-order valence-electron chi connectivity index (χ2n) is 7.60. The van der Waals surface area contributed by atoms with E-state index in [1.54, 1.807) is 19.2 Å². The first-order valence-corrected chi connectivity index (χ1v) is 11.9. The lowest BCUT2D eigenvalue weighted by Crippen LogP contribution is -2.25. The zero-order valence-electron chi connectivity index (χ0n) is 23.0. The standard InChI is InChI=1S/C20H12F7NO2.C4H6.C2H8N4.C2H6/c21-13-4-7-15(16(22)9-13)18(29)19(23,24)17-8-3-12(10-28-17)11-1-5-14(6-2-11)30-20(25,26)27;1-3-4-2;1-6(4)2-5-3;1-2/h1-10,18,29H;3-4H,1-2H2;2H,3-4H2,1H3;1-2H3/b;;5-2-;/t18-;;;/m0.../s1. The van der Waals surface area contributed by atoms with Gasteiger partial charge in [0.05, 0.1) is 0 Å². The Morgan fingerprint density at radius 2 is 1.50 bits per heavy atom. The highest BCUT2D eigenvalue weighted by atomic mass is 19.4. The number of benzene rings is 2. The molecule has 0 aliphatic heterocycles. The van der Waals surface area contributed by atoms with Crippen LogP contribution in [0.15, 0.2) is 91.2 Å². The van der Waals surface area contributed by atoms with E-state index in [0.717, 1.165) is 30.5 Å². The van der Waals surface area contributed by atoms with Crippen LogP contribution in [0.1, 0.15) is 31.2 Å². The molecule has 5 N–H and O–H groups in total. The van der Waals surface area contributed by atoms with E-state index in [1.165, 1.54) is 29.5 Å². The Labute approximate surface area is 239 Å². The van der Waals surface area contributed by atoms with Crippen molar-refractivity contribution in [2.75, 3.05) is 7.05 Å². The van der Waals surface area contributed by atoms with Crippen molar-refractivity contribution in [1.29, 1.82) is 0 Å². The van der Waals surface area contributed by atoms with Crippen molar-refractivity contribution in [3.8, 4) is 16.9 Å². The lowest BCUT2D eigenvalue weighted by molar-refractivity contribution is -0.274. The maximum Gasteiger partial charge on any atom is 0.573 e. The molecule has 1 aromatic heterocycles. The summed E-state index contributed by atoms with van der Waals surface area (Å²) in [6.45, 7) is 10.7. The minimum absolute atomic E-state index is 0.301. The lowest BCUT2D eigenvalue weighted by Gasteiger charge is -2.23. The predicted molar refractivity (Wildman–Crippen MR) is 148 cm³/mol. The molecule has 0 saturated heterocycles. The Morgan fingerprint density at radius 3 is 1.88 bits per heavy atom. The summed E-state index contributed by atoms with van der Waals surface area (Å²) >= 11 is 0. The molecule has 0 amide bonds. The average Bonchev–Trinajstić information content (AvgIpc) is 2.94. The molecule has 7 nitrogen and oxygen atoms in total. The number of ether oxygens (including phenoxy) is 1. The molecule has 230 valence electrons. The summed E-state index contributed by atoms with van der Waals surface area (Å²) in [4.78, 5) is 3.58. The monoisotopic (exact) mass is 603 g/mol. The van der Waals surface area contributed by atoms with Crippen LogP contribution < -0.4 is 16.4 Å². The number of hydrogen-bond donors (Lipinski definition) is 3. The van der Waals surface area contributed by atoms with Gasteiger partial charge >= 0.3 is 12.3 Å². The summed E-state index contributed by atoms with van der Waals surface area (Å²) in [6, 6.07) is 8.57. The number of nitrogens with two attached hydrogens (primary N) is 2. The largest absolute Gasteiger partial charge is 0.573 e. The molecule has 0 aliphatic rings. The van der Waals surface area contributed by atoms with Gasteiger partial charge in [-0.25, -0.2) is 14.6 Å². The summed E-state index contributed by atoms with van der Waals surface area (Å²) < 4.78 is 96.1. The van der Waals surface area contributed by atoms with E-state index in [4.69, 9.17) is 5.84 Å². The number of hydrogen-bond acceptors (Lipinski definition) is 6. The van der Waals surface area contributed by atoms with Crippen LogP contribution in [-0.4, -0.2) is 34.8 Å². The van der Waals surface area contributed by atoms with Crippen molar-refractivity contribution in [2.45, 2.75) is 32.2 Å². The predicted octanol–water partition coefficient (Wildman–Crippen LogP) is 6.83. The number of nitrogens with zero attached hydrogens (tertiary/aromatic N) is 3. The third kappa shape index (κ3) is 12.8. The molecule has 2 aromatic carbocycles. The normalized spacial score (nSPS) is 11.4. The van der Waals surface area contributed by atoms with Gasteiger partial charge in [0.25, 0.3) is 0 Å². The Hall–Kier alpha value is -4.43. The minimum Gasteiger partial charge on any atom is -0.406 e. The van der Waals surface area contributed by atoms with Crippen LogP contribution in [0, 0.1) is 11.6 Å². The van der Waals surface area contributed by atoms with E-state index in [1.807, 2.05) is 13.8 Å². The molecule has 0 fully saturated rings. The fraction of sp³-hybridized carbons (Fsp3) is 0.214. The number of aliphatic hydroxyl groups is 1. The Bertz CT molecular complexity index is 1240. The quantitative estimate of drug-likeness (QED) is 0.0682. The molecule has 14 heteroatoms. The summed E-state index contributed by atoms with van der Waals surface area (Å²) in [5, 5.41) is 14.3. The van der Waals surface area contributed by atoms with Crippen LogP contribution in [-0.2, 0) is 5.92 Å². The maximum atomic E-state index is 14.6. The van der Waals surface area contributed by atoms with Crippen LogP contribution in [0.2, 0.25) is 0 Å². The van der Waals surface area contributed by atoms with Gasteiger partial charge in [0.2, 0.25) is 0 Å². The van der Waals surface area contributed by atoms with Crippen molar-refractivity contribution in [3.05, 3.63) is 109 Å². The van der Waals surface area contributed by atoms with Crippen LogP contribution in [0.25, 0.3) is 11.1 Å². The van der Waals surface area contributed by atoms with E-state index in [9.17, 15) is 35.8 Å². The third-order valence-electron chi connectivity index (χ3n) is 4.54. The van der Waals surface area contributed by atoms with Gasteiger partial charge in [-0.2, -0.15) is 13.9 Å². The molecule has 42 heavy (non-hydrogen) atoms. The number of rotatable bonds is 7. The van der Waals surface area contributed by atoms with Gasteiger partial charge in [0, 0.05) is 30.4 Å². The van der Waals surface area contributed by atoms with Gasteiger partial charge in [-0.05, 0) is 29.8 Å². The molecule has 3 aromatic rings. The number of allylic oxidation sites excluding steroid dienone is 2. The molecule has 0 unspecified atom stereocenters. The van der Waals surface area contributed by atoms with Crippen molar-refractivity contribution >= 4 is 6.34 Å². The Kier molecular flexibility index (Phi) is 16.2. The Balaban J connectivity index is 0.00000119. The van der Waals surface area contributed by atoms with Crippen LogP contribution in [0.3, 0.4) is 0 Å². The highest BCUT2D eigenvalue weighted by Gasteiger charge is 2.44. The number of aromatic nitrogens is 1. The molecule has 0 aliphatic carbocycles. The maximum absolute atomic E-state index is 14.6. The number of hydrazine groups is 1. The number of halogens is 7. The highest BCUT2D eigenvalue weighted by molar-refractivity contribution is 5.63. The number of alkyl halides is 5. The zero-order valence-corrected chi connectivity index (χ0v) is 23.0. The smallest absolute Gasteiger partial charge is 0.406 e. The first-order valence-electron chi connectivity index (χ1n) is 11.9. The summed E-state index contributed by atoms with van der Waals surface area (Å²) in [5.74, 6) is 2.92. The van der Waals surface area contributed by atoms with Crippen LogP contribution in [0.5, 0.6) is 5.75 Å². The van der Waals surface area contributed by atoms with E-state index in [0.29, 0.717) is 23.3 Å². The van der Waals surface area contributed by atoms with Crippen LogP contribution in [0.4, 0.5) is 30.7 Å². The minimum atomic E-state index is -4.85. The van der Waals surface area contributed by atoms with Crippen molar-refractivity contribution in [1.82, 2.24) is 9.99 Å². The number of pyridine rings is 1. The molecule has 0 saturated carbocycles. The van der Waals surface area contributed by atoms with E-state index in [-0.39, 0.29) is 0 Å². The zero-order chi connectivity index (χ0) is 32.5. The number of aliphatic hydroxyl groups excluding tert-OH is 1. The molecule has 1 atom stereocenters. The molecule has 0 bridgehead atoms. The molecule has 3 rings (SSSR count). The Morgan fingerprint density at radius 1 is 0.952 bits per heavy atom. The fourth-order valence-corrected chi connectivity index (χ4v) is 2.77. The first-order chi connectivity index (χ1) is 19.7. The van der Waals surface area contributed by atoms with Gasteiger partial charge in [-0.3, -0.25) is 4.98 Å².